The van der Waals surface area contributed by atoms with Crippen LogP contribution < -0.4 is 10.2 Å². The van der Waals surface area contributed by atoms with Gasteiger partial charge < -0.3 is 10.2 Å². The molecule has 2 aliphatic rings. The fourth-order valence-electron chi connectivity index (χ4n) is 3.13. The number of nitrogens with one attached hydrogen (secondary N) is 1. The van der Waals surface area contributed by atoms with Crippen LogP contribution in [0.25, 0.3) is 0 Å². The van der Waals surface area contributed by atoms with Crippen LogP contribution in [0, 0.1) is 0 Å². The smallest absolute Gasteiger partial charge is 0.267 e. The van der Waals surface area contributed by atoms with E-state index in [2.05, 4.69) is 27.1 Å². The summed E-state index contributed by atoms with van der Waals surface area (Å²) in [6.07, 6.45) is 1.64. The van der Waals surface area contributed by atoms with Crippen LogP contribution in [-0.2, 0) is 4.79 Å². The molecule has 1 N–H and O–H groups in total. The molecule has 9 heteroatoms. The number of thiophene rings is 1. The molecule has 2 aliphatic heterocycles. The van der Waals surface area contributed by atoms with Crippen molar-refractivity contribution in [2.45, 2.75) is 0 Å². The van der Waals surface area contributed by atoms with Crippen LogP contribution >= 0.6 is 23.7 Å². The molecule has 0 unspecified atom stereocenters. The molecular weight excluding hydrogens is 374 g/mol. The first-order chi connectivity index (χ1) is 12.1. The maximum absolute atomic E-state index is 13.1. The number of pyridine rings is 1. The second-order valence-electron chi connectivity index (χ2n) is 6.27. The fraction of sp³-hybridized carbons (Fsp3) is 0.353. The number of rotatable bonds is 2. The average Bonchev–Trinajstić information content (AvgIpc) is 3.04. The van der Waals surface area contributed by atoms with Gasteiger partial charge in [0.25, 0.3) is 5.91 Å². The number of hydrogen-bond donors (Lipinski definition) is 1. The zero-order valence-corrected chi connectivity index (χ0v) is 16.0. The lowest BCUT2D eigenvalue weighted by molar-refractivity contribution is -0.119. The number of aromatic nitrogens is 1. The van der Waals surface area contributed by atoms with Crippen LogP contribution in [0.4, 0.5) is 17.2 Å². The molecule has 7 nitrogen and oxygen atoms in total. The number of hydrogen-bond acceptors (Lipinski definition) is 6. The zero-order valence-electron chi connectivity index (χ0n) is 14.3. The molecule has 0 bridgehead atoms. The van der Waals surface area contributed by atoms with Crippen LogP contribution in [0.5, 0.6) is 0 Å². The molecule has 1 fully saturated rings. The summed E-state index contributed by atoms with van der Waals surface area (Å²) in [6, 6.07) is 5.33. The number of amides is 2. The van der Waals surface area contributed by atoms with Gasteiger partial charge in [-0.25, -0.2) is 4.98 Å². The molecule has 138 valence electrons. The zero-order chi connectivity index (χ0) is 17.4. The molecule has 0 spiro atoms. The lowest BCUT2D eigenvalue weighted by Gasteiger charge is -2.33. The topological polar surface area (TPSA) is 68.8 Å². The van der Waals surface area contributed by atoms with Gasteiger partial charge in [-0.15, -0.1) is 23.7 Å². The number of likely N-dealkylation sites (N-methyl/N-ethyl adjacent to an activating group) is 1. The third kappa shape index (κ3) is 3.45. The Bertz CT molecular complexity index is 819. The number of piperazine rings is 1. The second-order valence-corrected chi connectivity index (χ2v) is 7.19. The summed E-state index contributed by atoms with van der Waals surface area (Å²) in [7, 11) is 2.09. The SMILES string of the molecule is CN1CCN(CC(=O)N2c3ccsc3C(=O)Nc3cccnc32)CC1.Cl. The number of halogens is 1. The highest BCUT2D eigenvalue weighted by Gasteiger charge is 2.32. The maximum Gasteiger partial charge on any atom is 0.267 e. The van der Waals surface area contributed by atoms with Crippen molar-refractivity contribution in [1.82, 2.24) is 14.8 Å². The Morgan fingerprint density at radius 3 is 2.81 bits per heavy atom. The molecule has 0 saturated carbocycles. The van der Waals surface area contributed by atoms with Crippen molar-refractivity contribution in [3.8, 4) is 0 Å². The average molecular weight is 394 g/mol. The highest BCUT2D eigenvalue weighted by atomic mass is 35.5. The molecule has 0 radical (unpaired) electrons. The summed E-state index contributed by atoms with van der Waals surface area (Å²) in [6.45, 7) is 3.93. The first-order valence-electron chi connectivity index (χ1n) is 8.21. The van der Waals surface area contributed by atoms with Crippen molar-refractivity contribution < 1.29 is 9.59 Å². The van der Waals surface area contributed by atoms with Gasteiger partial charge in [0.05, 0.1) is 17.9 Å². The van der Waals surface area contributed by atoms with Crippen molar-refractivity contribution >= 4 is 52.8 Å². The molecular formula is C17H20ClN5O2S. The predicted octanol–water partition coefficient (Wildman–Crippen LogP) is 2.04. The van der Waals surface area contributed by atoms with Gasteiger partial charge >= 0.3 is 0 Å². The van der Waals surface area contributed by atoms with Crippen LogP contribution in [0.2, 0.25) is 0 Å². The number of carbonyl (C=O) groups excluding carboxylic acids is 2. The van der Waals surface area contributed by atoms with Gasteiger partial charge in [0.1, 0.15) is 4.88 Å². The Labute approximate surface area is 162 Å². The van der Waals surface area contributed by atoms with Gasteiger partial charge in [-0.1, -0.05) is 0 Å². The first-order valence-corrected chi connectivity index (χ1v) is 9.09. The van der Waals surface area contributed by atoms with E-state index in [4.69, 9.17) is 0 Å². The van der Waals surface area contributed by atoms with E-state index >= 15 is 0 Å². The monoisotopic (exact) mass is 393 g/mol. The molecule has 0 aromatic carbocycles. The van der Waals surface area contributed by atoms with Crippen LogP contribution in [-0.4, -0.2) is 66.4 Å². The molecule has 2 amide bonds. The molecule has 2 aromatic rings. The highest BCUT2D eigenvalue weighted by molar-refractivity contribution is 7.12. The molecule has 0 atom stereocenters. The Morgan fingerprint density at radius 2 is 2.04 bits per heavy atom. The molecule has 4 heterocycles. The summed E-state index contributed by atoms with van der Waals surface area (Å²) in [4.78, 5) is 36.5. The van der Waals surface area contributed by atoms with E-state index in [1.54, 1.807) is 23.2 Å². The lowest BCUT2D eigenvalue weighted by Crippen LogP contribution is -2.48. The Hall–Kier alpha value is -2.00. The van der Waals surface area contributed by atoms with E-state index in [9.17, 15) is 9.59 Å². The predicted molar refractivity (Wildman–Crippen MR) is 105 cm³/mol. The van der Waals surface area contributed by atoms with E-state index in [0.717, 1.165) is 26.2 Å². The summed E-state index contributed by atoms with van der Waals surface area (Å²) in [5, 5.41) is 4.68. The van der Waals surface area contributed by atoms with Crippen LogP contribution in [0.1, 0.15) is 9.67 Å². The molecule has 0 aliphatic carbocycles. The standard InChI is InChI=1S/C17H19N5O2S.ClH/c1-20-6-8-21(9-7-20)11-14(23)22-13-4-10-25-15(13)17(24)19-12-3-2-5-18-16(12)22;/h2-5,10H,6-9,11H2,1H3,(H,19,24);1H. The normalized spacial score (nSPS) is 17.6. The van der Waals surface area contributed by atoms with Crippen molar-refractivity contribution in [1.29, 1.82) is 0 Å². The van der Waals surface area contributed by atoms with Gasteiger partial charge in [-0.05, 0) is 30.6 Å². The summed E-state index contributed by atoms with van der Waals surface area (Å²) < 4.78 is 0. The van der Waals surface area contributed by atoms with Crippen LogP contribution in [0.3, 0.4) is 0 Å². The number of anilines is 3. The minimum atomic E-state index is -0.200. The third-order valence-electron chi connectivity index (χ3n) is 4.54. The Morgan fingerprint density at radius 1 is 1.27 bits per heavy atom. The quantitative estimate of drug-likeness (QED) is 0.845. The van der Waals surface area contributed by atoms with Gasteiger partial charge in [-0.2, -0.15) is 0 Å². The van der Waals surface area contributed by atoms with Crippen molar-refractivity contribution in [3.63, 3.8) is 0 Å². The fourth-order valence-corrected chi connectivity index (χ4v) is 3.91. The largest absolute Gasteiger partial charge is 0.318 e. The molecule has 2 aromatic heterocycles. The number of carbonyl (C=O) groups is 2. The summed E-state index contributed by atoms with van der Waals surface area (Å²) >= 11 is 1.33. The summed E-state index contributed by atoms with van der Waals surface area (Å²) in [5.74, 6) is 0.210. The van der Waals surface area contributed by atoms with E-state index in [1.165, 1.54) is 11.3 Å². The maximum atomic E-state index is 13.1. The Kier molecular flexibility index (Phi) is 5.57. The first kappa shape index (κ1) is 18.8. The van der Waals surface area contributed by atoms with E-state index < -0.39 is 0 Å². The molecule has 1 saturated heterocycles. The van der Waals surface area contributed by atoms with Gasteiger partial charge in [0.15, 0.2) is 5.82 Å². The van der Waals surface area contributed by atoms with Crippen molar-refractivity contribution in [2.75, 3.05) is 50.0 Å². The van der Waals surface area contributed by atoms with Gasteiger partial charge in [0.2, 0.25) is 5.91 Å². The van der Waals surface area contributed by atoms with E-state index in [0.29, 0.717) is 28.6 Å². The van der Waals surface area contributed by atoms with Crippen LogP contribution in [0.15, 0.2) is 29.8 Å². The lowest BCUT2D eigenvalue weighted by atomic mass is 10.2. The van der Waals surface area contributed by atoms with Gasteiger partial charge in [0, 0.05) is 32.4 Å². The molecule has 26 heavy (non-hydrogen) atoms. The van der Waals surface area contributed by atoms with E-state index in [1.807, 2.05) is 11.4 Å². The third-order valence-corrected chi connectivity index (χ3v) is 5.44. The minimum absolute atomic E-state index is 0. The van der Waals surface area contributed by atoms with Crippen molar-refractivity contribution in [2.24, 2.45) is 0 Å². The molecule has 4 rings (SSSR count). The second kappa shape index (κ2) is 7.71. The van der Waals surface area contributed by atoms with Gasteiger partial charge in [-0.3, -0.25) is 19.4 Å². The van der Waals surface area contributed by atoms with E-state index in [-0.39, 0.29) is 24.2 Å². The highest BCUT2D eigenvalue weighted by Crippen LogP contribution is 2.38. The van der Waals surface area contributed by atoms with Crippen molar-refractivity contribution in [3.05, 3.63) is 34.7 Å². The number of nitrogens with zero attached hydrogens (tertiary/aromatic N) is 4. The Balaban J connectivity index is 0.00000196. The number of fused-ring (bicyclic) bond motifs is 2. The minimum Gasteiger partial charge on any atom is -0.318 e. The summed E-state index contributed by atoms with van der Waals surface area (Å²) in [5.41, 5.74) is 1.17.